The maximum atomic E-state index is 11.8. The van der Waals surface area contributed by atoms with Gasteiger partial charge in [0, 0.05) is 19.7 Å². The topological polar surface area (TPSA) is 62.3 Å². The summed E-state index contributed by atoms with van der Waals surface area (Å²) < 4.78 is 0. The van der Waals surface area contributed by atoms with Crippen molar-refractivity contribution < 1.29 is 9.59 Å². The lowest BCUT2D eigenvalue weighted by atomic mass is 10.2. The number of nitrogens with one attached hydrogen (secondary N) is 1. The van der Waals surface area contributed by atoms with Gasteiger partial charge < -0.3 is 10.2 Å². The molecule has 0 saturated heterocycles. The van der Waals surface area contributed by atoms with E-state index in [2.05, 4.69) is 17.2 Å². The number of pyridine rings is 1. The van der Waals surface area contributed by atoms with Crippen molar-refractivity contribution in [3.63, 3.8) is 0 Å². The Morgan fingerprint density at radius 3 is 2.70 bits per heavy atom. The fourth-order valence-corrected chi connectivity index (χ4v) is 1.82. The molecule has 110 valence electrons. The van der Waals surface area contributed by atoms with Crippen molar-refractivity contribution in [2.24, 2.45) is 0 Å². The molecule has 1 heterocycles. The quantitative estimate of drug-likeness (QED) is 0.736. The molecular formula is C15H23N3O2. The highest BCUT2D eigenvalue weighted by Crippen LogP contribution is 1.99. The predicted octanol–water partition coefficient (Wildman–Crippen LogP) is 1.74. The summed E-state index contributed by atoms with van der Waals surface area (Å²) in [5.41, 5.74) is 0.807. The number of aromatic nitrogens is 1. The van der Waals surface area contributed by atoms with Crippen molar-refractivity contribution in [3.05, 3.63) is 30.1 Å². The molecule has 0 saturated carbocycles. The third kappa shape index (κ3) is 6.31. The van der Waals surface area contributed by atoms with Crippen LogP contribution in [0.1, 0.15) is 38.8 Å². The second kappa shape index (κ2) is 9.07. The van der Waals surface area contributed by atoms with Crippen LogP contribution in [0.15, 0.2) is 24.4 Å². The second-order valence-electron chi connectivity index (χ2n) is 4.75. The minimum absolute atomic E-state index is 0.0610. The standard InChI is InChI=1S/C15H23N3O2/c1-3-4-7-10-18(13(2)19)12-15(20)17-11-14-8-5-6-9-16-14/h5-6,8-9H,3-4,7,10-12H2,1-2H3,(H,17,20). The number of amides is 2. The first-order chi connectivity index (χ1) is 9.63. The molecule has 0 unspecified atom stereocenters. The first kappa shape index (κ1) is 16.1. The number of carbonyl (C=O) groups is 2. The van der Waals surface area contributed by atoms with Gasteiger partial charge in [0.15, 0.2) is 0 Å². The molecular weight excluding hydrogens is 254 g/mol. The Morgan fingerprint density at radius 2 is 2.10 bits per heavy atom. The summed E-state index contributed by atoms with van der Waals surface area (Å²) in [7, 11) is 0. The maximum Gasteiger partial charge on any atom is 0.239 e. The molecule has 1 aromatic heterocycles. The van der Waals surface area contributed by atoms with Crippen molar-refractivity contribution in [1.29, 1.82) is 0 Å². The molecule has 5 nitrogen and oxygen atoms in total. The SMILES string of the molecule is CCCCCN(CC(=O)NCc1ccccn1)C(C)=O. The van der Waals surface area contributed by atoms with E-state index in [0.29, 0.717) is 13.1 Å². The first-order valence-corrected chi connectivity index (χ1v) is 7.05. The van der Waals surface area contributed by atoms with Crippen LogP contribution in [-0.2, 0) is 16.1 Å². The van der Waals surface area contributed by atoms with E-state index in [1.165, 1.54) is 6.92 Å². The first-order valence-electron chi connectivity index (χ1n) is 7.05. The Hall–Kier alpha value is -1.91. The average molecular weight is 277 g/mol. The van der Waals surface area contributed by atoms with Crippen molar-refractivity contribution in [1.82, 2.24) is 15.2 Å². The summed E-state index contributed by atoms with van der Waals surface area (Å²) in [6, 6.07) is 5.56. The normalized spacial score (nSPS) is 10.1. The molecule has 1 N–H and O–H groups in total. The smallest absolute Gasteiger partial charge is 0.239 e. The molecule has 0 spiro atoms. The summed E-state index contributed by atoms with van der Waals surface area (Å²) in [6.45, 7) is 4.75. The van der Waals surface area contributed by atoms with E-state index in [9.17, 15) is 9.59 Å². The van der Waals surface area contributed by atoms with Gasteiger partial charge in [-0.05, 0) is 18.6 Å². The summed E-state index contributed by atoms with van der Waals surface area (Å²) in [5.74, 6) is -0.212. The Bertz CT molecular complexity index is 420. The van der Waals surface area contributed by atoms with Gasteiger partial charge in [-0.15, -0.1) is 0 Å². The number of rotatable bonds is 8. The lowest BCUT2D eigenvalue weighted by molar-refractivity contribution is -0.134. The van der Waals surface area contributed by atoms with Gasteiger partial charge in [0.25, 0.3) is 0 Å². The zero-order chi connectivity index (χ0) is 14.8. The highest BCUT2D eigenvalue weighted by Gasteiger charge is 2.12. The third-order valence-electron chi connectivity index (χ3n) is 3.00. The van der Waals surface area contributed by atoms with Gasteiger partial charge >= 0.3 is 0 Å². The van der Waals surface area contributed by atoms with E-state index >= 15 is 0 Å². The summed E-state index contributed by atoms with van der Waals surface area (Å²) in [6.07, 6.45) is 4.79. The van der Waals surface area contributed by atoms with Gasteiger partial charge in [0.2, 0.25) is 11.8 Å². The number of hydrogen-bond acceptors (Lipinski definition) is 3. The van der Waals surface area contributed by atoms with E-state index in [1.807, 2.05) is 18.2 Å². The van der Waals surface area contributed by atoms with Crippen molar-refractivity contribution in [2.75, 3.05) is 13.1 Å². The Kier molecular flexibility index (Phi) is 7.32. The molecule has 0 radical (unpaired) electrons. The number of unbranched alkanes of at least 4 members (excludes halogenated alkanes) is 2. The molecule has 0 aliphatic carbocycles. The van der Waals surface area contributed by atoms with Crippen LogP contribution < -0.4 is 5.32 Å². The van der Waals surface area contributed by atoms with Crippen LogP contribution in [0.25, 0.3) is 0 Å². The van der Waals surface area contributed by atoms with Gasteiger partial charge in [-0.3, -0.25) is 14.6 Å². The average Bonchev–Trinajstić information content (AvgIpc) is 2.45. The predicted molar refractivity (Wildman–Crippen MR) is 77.9 cm³/mol. The number of carbonyl (C=O) groups excluding carboxylic acids is 2. The number of nitrogens with zero attached hydrogens (tertiary/aromatic N) is 2. The largest absolute Gasteiger partial charge is 0.349 e. The maximum absolute atomic E-state index is 11.8. The lowest BCUT2D eigenvalue weighted by Crippen LogP contribution is -2.40. The lowest BCUT2D eigenvalue weighted by Gasteiger charge is -2.20. The summed E-state index contributed by atoms with van der Waals surface area (Å²) in [4.78, 5) is 29.0. The molecule has 0 bridgehead atoms. The minimum Gasteiger partial charge on any atom is -0.349 e. The van der Waals surface area contributed by atoms with Crippen LogP contribution in [0.5, 0.6) is 0 Å². The van der Waals surface area contributed by atoms with E-state index in [-0.39, 0.29) is 18.4 Å². The third-order valence-corrected chi connectivity index (χ3v) is 3.00. The van der Waals surface area contributed by atoms with Gasteiger partial charge in [-0.1, -0.05) is 25.8 Å². The van der Waals surface area contributed by atoms with Gasteiger partial charge in [0.05, 0.1) is 18.8 Å². The molecule has 0 atom stereocenters. The van der Waals surface area contributed by atoms with E-state index in [4.69, 9.17) is 0 Å². The molecule has 5 heteroatoms. The van der Waals surface area contributed by atoms with Gasteiger partial charge in [-0.2, -0.15) is 0 Å². The van der Waals surface area contributed by atoms with E-state index < -0.39 is 0 Å². The Morgan fingerprint density at radius 1 is 1.30 bits per heavy atom. The molecule has 0 aromatic carbocycles. The molecule has 0 fully saturated rings. The fourth-order valence-electron chi connectivity index (χ4n) is 1.82. The van der Waals surface area contributed by atoms with Crippen LogP contribution in [0, 0.1) is 0 Å². The Balaban J connectivity index is 2.36. The Labute approximate surface area is 120 Å². The van der Waals surface area contributed by atoms with Crippen LogP contribution in [0.4, 0.5) is 0 Å². The molecule has 0 aliphatic heterocycles. The van der Waals surface area contributed by atoms with Crippen LogP contribution >= 0.6 is 0 Å². The zero-order valence-electron chi connectivity index (χ0n) is 12.3. The second-order valence-corrected chi connectivity index (χ2v) is 4.75. The fraction of sp³-hybridized carbons (Fsp3) is 0.533. The van der Waals surface area contributed by atoms with Crippen LogP contribution in [0.3, 0.4) is 0 Å². The van der Waals surface area contributed by atoms with Gasteiger partial charge in [0.1, 0.15) is 0 Å². The summed E-state index contributed by atoms with van der Waals surface area (Å²) >= 11 is 0. The van der Waals surface area contributed by atoms with Crippen molar-refractivity contribution in [2.45, 2.75) is 39.7 Å². The van der Waals surface area contributed by atoms with E-state index in [1.54, 1.807) is 11.1 Å². The van der Waals surface area contributed by atoms with Gasteiger partial charge in [-0.25, -0.2) is 0 Å². The molecule has 1 rings (SSSR count). The highest BCUT2D eigenvalue weighted by atomic mass is 16.2. The molecule has 0 aliphatic rings. The summed E-state index contributed by atoms with van der Waals surface area (Å²) in [5, 5.41) is 2.78. The monoisotopic (exact) mass is 277 g/mol. The van der Waals surface area contributed by atoms with Crippen molar-refractivity contribution in [3.8, 4) is 0 Å². The number of hydrogen-bond donors (Lipinski definition) is 1. The van der Waals surface area contributed by atoms with Crippen molar-refractivity contribution >= 4 is 11.8 Å². The minimum atomic E-state index is -0.151. The molecule has 2 amide bonds. The highest BCUT2D eigenvalue weighted by molar-refractivity contribution is 5.83. The van der Waals surface area contributed by atoms with Crippen LogP contribution in [-0.4, -0.2) is 34.8 Å². The molecule has 20 heavy (non-hydrogen) atoms. The van der Waals surface area contributed by atoms with E-state index in [0.717, 1.165) is 25.0 Å². The zero-order valence-corrected chi connectivity index (χ0v) is 12.3. The van der Waals surface area contributed by atoms with Crippen LogP contribution in [0.2, 0.25) is 0 Å². The molecule has 1 aromatic rings.